The molecule has 4 heteroatoms. The van der Waals surface area contributed by atoms with Crippen LogP contribution in [0.4, 0.5) is 5.69 Å². The fourth-order valence-corrected chi connectivity index (χ4v) is 3.74. The lowest BCUT2D eigenvalue weighted by Gasteiger charge is -2.15. The summed E-state index contributed by atoms with van der Waals surface area (Å²) in [7, 11) is 0. The third-order valence-corrected chi connectivity index (χ3v) is 4.99. The van der Waals surface area contributed by atoms with E-state index in [2.05, 4.69) is 22.9 Å². The van der Waals surface area contributed by atoms with Crippen molar-refractivity contribution in [1.82, 2.24) is 4.57 Å². The molecular formula is C24H28N2O2. The summed E-state index contributed by atoms with van der Waals surface area (Å²) in [5.74, 6) is 0.0457. The number of nitrogens with zero attached hydrogens (tertiary/aromatic N) is 1. The average molecular weight is 377 g/mol. The summed E-state index contributed by atoms with van der Waals surface area (Å²) in [6.07, 6.45) is 1.80. The maximum atomic E-state index is 13.1. The molecule has 0 saturated carbocycles. The van der Waals surface area contributed by atoms with Crippen LogP contribution >= 0.6 is 0 Å². The summed E-state index contributed by atoms with van der Waals surface area (Å²) in [6.45, 7) is 8.17. The molecule has 0 unspecified atom stereocenters. The molecule has 0 radical (unpaired) electrons. The van der Waals surface area contributed by atoms with Gasteiger partial charge >= 0.3 is 0 Å². The molecule has 3 rings (SSSR count). The van der Waals surface area contributed by atoms with Crippen LogP contribution in [0.5, 0.6) is 0 Å². The van der Waals surface area contributed by atoms with Gasteiger partial charge in [0.05, 0.1) is 0 Å². The molecule has 1 aromatic heterocycles. The van der Waals surface area contributed by atoms with Gasteiger partial charge in [0.15, 0.2) is 5.78 Å². The number of para-hydroxylation sites is 2. The number of aromatic nitrogens is 1. The number of fused-ring (bicyclic) bond motifs is 1. The lowest BCUT2D eigenvalue weighted by atomic mass is 9.97. The van der Waals surface area contributed by atoms with Crippen LogP contribution in [0.25, 0.3) is 10.9 Å². The lowest BCUT2D eigenvalue weighted by molar-refractivity contribution is -0.114. The summed E-state index contributed by atoms with van der Waals surface area (Å²) >= 11 is 0. The third-order valence-electron chi connectivity index (χ3n) is 4.99. The SMILES string of the molecule is CCCc1c(C(=O)C(C)C)c2ccccc2n1Cc1ccccc1NC(C)=O. The smallest absolute Gasteiger partial charge is 0.221 e. The van der Waals surface area contributed by atoms with Gasteiger partial charge in [-0.3, -0.25) is 9.59 Å². The predicted molar refractivity (Wildman–Crippen MR) is 115 cm³/mol. The summed E-state index contributed by atoms with van der Waals surface area (Å²) in [6, 6.07) is 16.0. The first-order valence-electron chi connectivity index (χ1n) is 9.93. The zero-order chi connectivity index (χ0) is 20.3. The molecule has 0 atom stereocenters. The second-order valence-corrected chi connectivity index (χ2v) is 7.53. The molecule has 2 aromatic carbocycles. The van der Waals surface area contributed by atoms with Crippen LogP contribution in [0.1, 0.15) is 55.7 Å². The Hall–Kier alpha value is -2.88. The topological polar surface area (TPSA) is 51.1 Å². The molecule has 0 aliphatic carbocycles. The molecule has 0 spiro atoms. The van der Waals surface area contributed by atoms with Crippen LogP contribution < -0.4 is 5.32 Å². The summed E-state index contributed by atoms with van der Waals surface area (Å²) < 4.78 is 2.25. The van der Waals surface area contributed by atoms with E-state index in [0.29, 0.717) is 6.54 Å². The van der Waals surface area contributed by atoms with E-state index >= 15 is 0 Å². The van der Waals surface area contributed by atoms with E-state index in [1.807, 2.05) is 56.3 Å². The molecule has 0 aliphatic heterocycles. The van der Waals surface area contributed by atoms with Crippen LogP contribution in [0.3, 0.4) is 0 Å². The largest absolute Gasteiger partial charge is 0.339 e. The Morgan fingerprint density at radius 2 is 1.71 bits per heavy atom. The highest BCUT2D eigenvalue weighted by molar-refractivity contribution is 6.10. The number of Topliss-reactive ketones (excluding diaryl/α,β-unsaturated/α-hetero) is 1. The van der Waals surface area contributed by atoms with E-state index in [9.17, 15) is 9.59 Å². The first-order valence-corrected chi connectivity index (χ1v) is 9.93. The van der Waals surface area contributed by atoms with Crippen molar-refractivity contribution in [1.29, 1.82) is 0 Å². The maximum absolute atomic E-state index is 13.1. The molecular weight excluding hydrogens is 348 g/mol. The minimum atomic E-state index is -0.0886. The number of rotatable bonds is 7. The average Bonchev–Trinajstić information content (AvgIpc) is 2.96. The zero-order valence-electron chi connectivity index (χ0n) is 17.1. The molecule has 0 fully saturated rings. The molecule has 1 heterocycles. The number of benzene rings is 2. The number of hydrogen-bond acceptors (Lipinski definition) is 2. The first kappa shape index (κ1) is 19.9. The number of nitrogens with one attached hydrogen (secondary N) is 1. The summed E-state index contributed by atoms with van der Waals surface area (Å²) in [4.78, 5) is 24.7. The van der Waals surface area contributed by atoms with Gasteiger partial charge in [0.2, 0.25) is 5.91 Å². The maximum Gasteiger partial charge on any atom is 0.221 e. The zero-order valence-corrected chi connectivity index (χ0v) is 17.1. The molecule has 4 nitrogen and oxygen atoms in total. The van der Waals surface area contributed by atoms with Crippen molar-refractivity contribution in [2.75, 3.05) is 5.32 Å². The Morgan fingerprint density at radius 3 is 2.39 bits per heavy atom. The highest BCUT2D eigenvalue weighted by atomic mass is 16.1. The minimum absolute atomic E-state index is 0.0541. The van der Waals surface area contributed by atoms with Crippen molar-refractivity contribution < 1.29 is 9.59 Å². The van der Waals surface area contributed by atoms with Gasteiger partial charge in [0.25, 0.3) is 0 Å². The molecule has 0 aliphatic rings. The van der Waals surface area contributed by atoms with Crippen molar-refractivity contribution in [3.63, 3.8) is 0 Å². The van der Waals surface area contributed by atoms with E-state index in [1.54, 1.807) is 0 Å². The molecule has 1 amide bonds. The first-order chi connectivity index (χ1) is 13.4. The van der Waals surface area contributed by atoms with E-state index in [-0.39, 0.29) is 17.6 Å². The predicted octanol–water partition coefficient (Wildman–Crippen LogP) is 5.44. The number of carbonyl (C=O) groups excluding carboxylic acids is 2. The standard InChI is InChI=1S/C24H28N2O2/c1-5-10-22-23(24(28)16(2)3)19-12-7-9-14-21(19)26(22)15-18-11-6-8-13-20(18)25-17(4)27/h6-9,11-14,16H,5,10,15H2,1-4H3,(H,25,27). The Labute approximate surface area is 166 Å². The van der Waals surface area contributed by atoms with Gasteiger partial charge in [-0.2, -0.15) is 0 Å². The van der Waals surface area contributed by atoms with Gasteiger partial charge in [-0.25, -0.2) is 0 Å². The second kappa shape index (κ2) is 8.42. The van der Waals surface area contributed by atoms with Gasteiger partial charge < -0.3 is 9.88 Å². The fourth-order valence-electron chi connectivity index (χ4n) is 3.74. The highest BCUT2D eigenvalue weighted by Crippen LogP contribution is 2.31. The van der Waals surface area contributed by atoms with Gasteiger partial charge in [0.1, 0.15) is 0 Å². The Kier molecular flexibility index (Phi) is 5.98. The Balaban J connectivity index is 2.20. The van der Waals surface area contributed by atoms with Crippen LogP contribution in [-0.2, 0) is 17.8 Å². The fraction of sp³-hybridized carbons (Fsp3) is 0.333. The van der Waals surface area contributed by atoms with Crippen molar-refractivity contribution in [3.8, 4) is 0 Å². The number of anilines is 1. The highest BCUT2D eigenvalue weighted by Gasteiger charge is 2.24. The third kappa shape index (κ3) is 3.86. The minimum Gasteiger partial charge on any atom is -0.339 e. The number of ketones is 1. The Morgan fingerprint density at radius 1 is 1.04 bits per heavy atom. The monoisotopic (exact) mass is 376 g/mol. The van der Waals surface area contributed by atoms with Crippen molar-refractivity contribution >= 4 is 28.3 Å². The summed E-state index contributed by atoms with van der Waals surface area (Å²) in [5.41, 5.74) is 4.84. The van der Waals surface area contributed by atoms with Crippen molar-refractivity contribution in [3.05, 3.63) is 65.4 Å². The summed E-state index contributed by atoms with van der Waals surface area (Å²) in [5, 5.41) is 3.94. The normalized spacial score (nSPS) is 11.2. The van der Waals surface area contributed by atoms with Crippen LogP contribution in [-0.4, -0.2) is 16.3 Å². The Bertz CT molecular complexity index is 1010. The lowest BCUT2D eigenvalue weighted by Crippen LogP contribution is -2.14. The molecule has 0 saturated heterocycles. The van der Waals surface area contributed by atoms with Crippen LogP contribution in [0.2, 0.25) is 0 Å². The van der Waals surface area contributed by atoms with Gasteiger partial charge in [0, 0.05) is 47.2 Å². The van der Waals surface area contributed by atoms with E-state index in [0.717, 1.165) is 46.3 Å². The molecule has 28 heavy (non-hydrogen) atoms. The van der Waals surface area contributed by atoms with Crippen LogP contribution in [0, 0.1) is 5.92 Å². The molecule has 146 valence electrons. The molecule has 1 N–H and O–H groups in total. The van der Waals surface area contributed by atoms with Crippen LogP contribution in [0.15, 0.2) is 48.5 Å². The molecule has 0 bridgehead atoms. The van der Waals surface area contributed by atoms with Crippen molar-refractivity contribution in [2.45, 2.75) is 47.1 Å². The van der Waals surface area contributed by atoms with Gasteiger partial charge in [-0.1, -0.05) is 63.6 Å². The number of carbonyl (C=O) groups is 2. The van der Waals surface area contributed by atoms with E-state index in [4.69, 9.17) is 0 Å². The van der Waals surface area contributed by atoms with E-state index in [1.165, 1.54) is 6.92 Å². The number of amides is 1. The molecule has 3 aromatic rings. The van der Waals surface area contributed by atoms with Gasteiger partial charge in [-0.05, 0) is 24.1 Å². The number of hydrogen-bond donors (Lipinski definition) is 1. The second-order valence-electron chi connectivity index (χ2n) is 7.53. The van der Waals surface area contributed by atoms with Crippen molar-refractivity contribution in [2.24, 2.45) is 5.92 Å². The van der Waals surface area contributed by atoms with Gasteiger partial charge in [-0.15, -0.1) is 0 Å². The van der Waals surface area contributed by atoms with E-state index < -0.39 is 0 Å². The quantitative estimate of drug-likeness (QED) is 0.558.